The Morgan fingerprint density at radius 2 is 1.47 bits per heavy atom. The second-order valence-electron chi connectivity index (χ2n) is 7.82. The molecule has 172 valence electrons. The zero-order chi connectivity index (χ0) is 24.1. The second-order valence-corrected chi connectivity index (χ2v) is 7.82. The summed E-state index contributed by atoms with van der Waals surface area (Å²) in [6.07, 6.45) is -0.556. The van der Waals surface area contributed by atoms with Crippen LogP contribution < -0.4 is 10.1 Å². The van der Waals surface area contributed by atoms with E-state index in [1.807, 2.05) is 30.3 Å². The molecule has 34 heavy (non-hydrogen) atoms. The van der Waals surface area contributed by atoms with Gasteiger partial charge in [0.15, 0.2) is 17.7 Å². The topological polar surface area (TPSA) is 98.8 Å². The third-order valence-corrected chi connectivity index (χ3v) is 5.42. The van der Waals surface area contributed by atoms with Crippen molar-refractivity contribution < 1.29 is 28.7 Å². The Bertz CT molecular complexity index is 1250. The van der Waals surface area contributed by atoms with Crippen molar-refractivity contribution in [3.05, 3.63) is 95.1 Å². The van der Waals surface area contributed by atoms with Crippen LogP contribution in [0.2, 0.25) is 0 Å². The lowest BCUT2D eigenvalue weighted by atomic mass is 9.83. The van der Waals surface area contributed by atoms with Gasteiger partial charge in [-0.2, -0.15) is 0 Å². The first kappa shape index (κ1) is 22.9. The first-order valence-electron chi connectivity index (χ1n) is 11.0. The Hall–Kier alpha value is -4.26. The molecular weight excluding hydrogens is 434 g/mol. The Labute approximate surface area is 196 Å². The van der Waals surface area contributed by atoms with Crippen LogP contribution in [0.4, 0.5) is 5.69 Å². The minimum absolute atomic E-state index is 0.0922. The highest BCUT2D eigenvalue weighted by molar-refractivity contribution is 6.30. The van der Waals surface area contributed by atoms with Crippen molar-refractivity contribution in [2.45, 2.75) is 25.9 Å². The molecule has 4 rings (SSSR count). The minimum atomic E-state index is -1.08. The molecule has 0 aromatic heterocycles. The molecule has 0 fully saturated rings. The van der Waals surface area contributed by atoms with E-state index in [4.69, 9.17) is 9.47 Å². The van der Waals surface area contributed by atoms with Crippen LogP contribution in [-0.4, -0.2) is 36.2 Å². The number of ether oxygens (including phenoxy) is 2. The molecule has 1 unspecified atom stereocenters. The van der Waals surface area contributed by atoms with E-state index >= 15 is 0 Å². The van der Waals surface area contributed by atoms with Crippen molar-refractivity contribution in [3.63, 3.8) is 0 Å². The van der Waals surface area contributed by atoms with E-state index in [9.17, 15) is 19.2 Å². The highest BCUT2D eigenvalue weighted by Crippen LogP contribution is 2.32. The maximum absolute atomic E-state index is 13.1. The molecule has 0 bridgehead atoms. The minimum Gasteiger partial charge on any atom is -0.494 e. The Morgan fingerprint density at radius 3 is 2.21 bits per heavy atom. The van der Waals surface area contributed by atoms with E-state index in [0.717, 1.165) is 0 Å². The van der Waals surface area contributed by atoms with Crippen molar-refractivity contribution in [1.82, 2.24) is 0 Å². The van der Waals surface area contributed by atoms with Crippen LogP contribution in [0.15, 0.2) is 72.8 Å². The van der Waals surface area contributed by atoms with Gasteiger partial charge in [0.25, 0.3) is 5.91 Å². The van der Waals surface area contributed by atoms with E-state index in [2.05, 4.69) is 5.32 Å². The van der Waals surface area contributed by atoms with Gasteiger partial charge in [0.2, 0.25) is 0 Å². The summed E-state index contributed by atoms with van der Waals surface area (Å²) in [6.45, 7) is 1.79. The predicted molar refractivity (Wildman–Crippen MR) is 125 cm³/mol. The van der Waals surface area contributed by atoms with Gasteiger partial charge in [0.05, 0.1) is 17.9 Å². The molecule has 0 heterocycles. The predicted octanol–water partition coefficient (Wildman–Crippen LogP) is 4.19. The number of rotatable bonds is 8. The molecule has 1 aliphatic rings. The van der Waals surface area contributed by atoms with Crippen LogP contribution >= 0.6 is 0 Å². The average molecular weight is 457 g/mol. The van der Waals surface area contributed by atoms with E-state index in [-0.39, 0.29) is 34.8 Å². The molecule has 1 atom stereocenters. The molecule has 0 saturated heterocycles. The molecule has 0 saturated carbocycles. The number of nitrogens with one attached hydrogen (secondary N) is 1. The summed E-state index contributed by atoms with van der Waals surface area (Å²) in [5.74, 6) is -1.04. The molecule has 1 N–H and O–H groups in total. The lowest BCUT2D eigenvalue weighted by Crippen LogP contribution is -2.31. The van der Waals surface area contributed by atoms with Crippen LogP contribution in [0.1, 0.15) is 51.6 Å². The molecule has 1 aliphatic carbocycles. The summed E-state index contributed by atoms with van der Waals surface area (Å²) in [6, 6.07) is 20.5. The summed E-state index contributed by atoms with van der Waals surface area (Å²) in [5.41, 5.74) is 1.19. The van der Waals surface area contributed by atoms with Crippen LogP contribution in [0.5, 0.6) is 5.75 Å². The summed E-state index contributed by atoms with van der Waals surface area (Å²) in [4.78, 5) is 50.7. The van der Waals surface area contributed by atoms with Gasteiger partial charge < -0.3 is 14.8 Å². The number of fused-ring (bicyclic) bond motifs is 2. The maximum atomic E-state index is 13.1. The zero-order valence-corrected chi connectivity index (χ0v) is 18.6. The fourth-order valence-corrected chi connectivity index (χ4v) is 3.72. The Balaban J connectivity index is 1.35. The highest BCUT2D eigenvalue weighted by atomic mass is 16.5. The number of amides is 1. The van der Waals surface area contributed by atoms with Gasteiger partial charge >= 0.3 is 5.97 Å². The van der Waals surface area contributed by atoms with Gasteiger partial charge in [0.1, 0.15) is 5.75 Å². The van der Waals surface area contributed by atoms with Crippen molar-refractivity contribution in [2.75, 3.05) is 11.9 Å². The first-order chi connectivity index (χ1) is 16.5. The van der Waals surface area contributed by atoms with Gasteiger partial charge in [-0.3, -0.25) is 19.2 Å². The van der Waals surface area contributed by atoms with Crippen LogP contribution in [0.25, 0.3) is 0 Å². The van der Waals surface area contributed by atoms with Crippen molar-refractivity contribution in [1.29, 1.82) is 0 Å². The standard InChI is InChI=1S/C27H23NO6/c1-17(34-23(29)15-8-16-33-18-9-3-2-4-10-18)27(32)28-22-14-7-13-21-24(22)26(31)20-12-6-5-11-19(20)25(21)30/h2-7,9-14,17H,8,15-16H2,1H3,(H,28,32). The van der Waals surface area contributed by atoms with Gasteiger partial charge in [-0.05, 0) is 31.5 Å². The molecule has 0 spiro atoms. The monoisotopic (exact) mass is 457 g/mol. The van der Waals surface area contributed by atoms with Gasteiger partial charge in [0, 0.05) is 23.1 Å². The number of hydrogen-bond acceptors (Lipinski definition) is 6. The van der Waals surface area contributed by atoms with Gasteiger partial charge in [-0.25, -0.2) is 0 Å². The normalized spacial score (nSPS) is 12.9. The number of carbonyl (C=O) groups is 4. The average Bonchev–Trinajstić information content (AvgIpc) is 2.85. The number of hydrogen-bond donors (Lipinski definition) is 1. The number of esters is 1. The lowest BCUT2D eigenvalue weighted by molar-refractivity contribution is -0.153. The number of benzene rings is 3. The van der Waals surface area contributed by atoms with Crippen LogP contribution in [0.3, 0.4) is 0 Å². The van der Waals surface area contributed by atoms with Gasteiger partial charge in [-0.1, -0.05) is 54.6 Å². The largest absolute Gasteiger partial charge is 0.494 e. The zero-order valence-electron chi connectivity index (χ0n) is 18.6. The van der Waals surface area contributed by atoms with Crippen LogP contribution in [0, 0.1) is 0 Å². The van der Waals surface area contributed by atoms with Crippen molar-refractivity contribution >= 4 is 29.1 Å². The van der Waals surface area contributed by atoms with E-state index in [0.29, 0.717) is 29.9 Å². The lowest BCUT2D eigenvalue weighted by Gasteiger charge is -2.21. The summed E-state index contributed by atoms with van der Waals surface area (Å²) >= 11 is 0. The number of ketones is 2. The van der Waals surface area contributed by atoms with Gasteiger partial charge in [-0.15, -0.1) is 0 Å². The molecule has 3 aromatic rings. The van der Waals surface area contributed by atoms with Crippen molar-refractivity contribution in [3.8, 4) is 5.75 Å². The quantitative estimate of drug-likeness (QED) is 0.315. The first-order valence-corrected chi connectivity index (χ1v) is 11.0. The smallest absolute Gasteiger partial charge is 0.306 e. The third-order valence-electron chi connectivity index (χ3n) is 5.42. The molecular formula is C27H23NO6. The molecule has 0 aliphatic heterocycles. The fraction of sp³-hybridized carbons (Fsp3) is 0.185. The maximum Gasteiger partial charge on any atom is 0.306 e. The molecule has 1 amide bonds. The SMILES string of the molecule is CC(OC(=O)CCCOc1ccccc1)C(=O)Nc1cccc2c1C(=O)c1ccccc1C2=O. The summed E-state index contributed by atoms with van der Waals surface area (Å²) < 4.78 is 10.8. The molecule has 7 nitrogen and oxygen atoms in total. The second kappa shape index (κ2) is 10.1. The Morgan fingerprint density at radius 1 is 0.824 bits per heavy atom. The molecule has 0 radical (unpaired) electrons. The third kappa shape index (κ3) is 4.88. The van der Waals surface area contributed by atoms with E-state index in [1.54, 1.807) is 42.5 Å². The van der Waals surface area contributed by atoms with Crippen molar-refractivity contribution in [2.24, 2.45) is 0 Å². The number of para-hydroxylation sites is 1. The van der Waals surface area contributed by atoms with E-state index in [1.165, 1.54) is 6.92 Å². The highest BCUT2D eigenvalue weighted by Gasteiger charge is 2.32. The van der Waals surface area contributed by atoms with Crippen LogP contribution in [-0.2, 0) is 14.3 Å². The molecule has 7 heteroatoms. The Kier molecular flexibility index (Phi) is 6.82. The summed E-state index contributed by atoms with van der Waals surface area (Å²) in [7, 11) is 0. The number of carbonyl (C=O) groups excluding carboxylic acids is 4. The molecule has 3 aromatic carbocycles. The van der Waals surface area contributed by atoms with E-state index < -0.39 is 18.0 Å². The summed E-state index contributed by atoms with van der Waals surface area (Å²) in [5, 5.41) is 2.63. The number of anilines is 1. The fourth-order valence-electron chi connectivity index (χ4n) is 3.72.